The fraction of sp³-hybridized carbons (Fsp3) is 1.00. The molecule has 0 aliphatic carbocycles. The molecule has 0 aliphatic heterocycles. The van der Waals surface area contributed by atoms with Crippen LogP contribution in [0.3, 0.4) is 0 Å². The van der Waals surface area contributed by atoms with Gasteiger partial charge in [-0.1, -0.05) is 147 Å². The van der Waals surface area contributed by atoms with E-state index in [-0.39, 0.29) is 0 Å². The highest BCUT2D eigenvalue weighted by molar-refractivity contribution is 14.1. The number of halogens is 1. The number of hydrogen-bond acceptors (Lipinski definition) is 3. The molecule has 0 aliphatic rings. The highest BCUT2D eigenvalue weighted by atomic mass is 127. The van der Waals surface area contributed by atoms with E-state index in [1.807, 2.05) is 0 Å². The first-order chi connectivity index (χ1) is 15.6. The molecule has 0 spiro atoms. The first-order valence-corrected chi connectivity index (χ1v) is 17.3. The molecule has 0 fully saturated rings. The molecule has 0 saturated carbocycles. The SMILES string of the molecule is CCCCCCCCO[Si](CC(C)I)(OCCCCCCCC)OCCCCCCCC. The van der Waals surface area contributed by atoms with E-state index in [4.69, 9.17) is 13.3 Å². The van der Waals surface area contributed by atoms with Crippen LogP contribution in [0.4, 0.5) is 0 Å². The Hall–Kier alpha value is 0.827. The lowest BCUT2D eigenvalue weighted by molar-refractivity contribution is 0.0556. The van der Waals surface area contributed by atoms with Gasteiger partial charge in [-0.3, -0.25) is 0 Å². The van der Waals surface area contributed by atoms with Crippen molar-refractivity contribution in [1.82, 2.24) is 0 Å². The van der Waals surface area contributed by atoms with Crippen LogP contribution in [0.1, 0.15) is 143 Å². The van der Waals surface area contributed by atoms with Crippen molar-refractivity contribution in [2.24, 2.45) is 0 Å². The summed E-state index contributed by atoms with van der Waals surface area (Å²) in [6, 6.07) is 0.940. The lowest BCUT2D eigenvalue weighted by Crippen LogP contribution is -2.48. The van der Waals surface area contributed by atoms with Crippen LogP contribution in [0.5, 0.6) is 0 Å². The fourth-order valence-electron chi connectivity index (χ4n) is 3.98. The monoisotopic (exact) mass is 584 g/mol. The number of alkyl halides is 1. The topological polar surface area (TPSA) is 27.7 Å². The van der Waals surface area contributed by atoms with Gasteiger partial charge in [0.05, 0.1) is 0 Å². The third-order valence-corrected chi connectivity index (χ3v) is 10.3. The van der Waals surface area contributed by atoms with Crippen LogP contribution < -0.4 is 0 Å². The molecular weight excluding hydrogens is 527 g/mol. The van der Waals surface area contributed by atoms with Crippen LogP contribution in [-0.2, 0) is 13.3 Å². The Morgan fingerprint density at radius 3 is 1.06 bits per heavy atom. The Kier molecular flexibility index (Phi) is 25.6. The van der Waals surface area contributed by atoms with E-state index in [0.29, 0.717) is 3.92 Å². The van der Waals surface area contributed by atoms with E-state index >= 15 is 0 Å². The Morgan fingerprint density at radius 1 is 0.500 bits per heavy atom. The van der Waals surface area contributed by atoms with Crippen LogP contribution in [-0.4, -0.2) is 32.5 Å². The summed E-state index contributed by atoms with van der Waals surface area (Å²) in [6.07, 6.45) is 23.2. The van der Waals surface area contributed by atoms with Crippen LogP contribution in [0.2, 0.25) is 6.04 Å². The summed E-state index contributed by atoms with van der Waals surface area (Å²) in [5, 5.41) is 0. The lowest BCUT2D eigenvalue weighted by Gasteiger charge is -2.31. The first-order valence-electron chi connectivity index (χ1n) is 14.2. The summed E-state index contributed by atoms with van der Waals surface area (Å²) in [4.78, 5) is 0. The second kappa shape index (κ2) is 24.9. The largest absolute Gasteiger partial charge is 0.502 e. The minimum Gasteiger partial charge on any atom is -0.373 e. The minimum absolute atomic E-state index is 0.512. The van der Waals surface area contributed by atoms with Crippen LogP contribution >= 0.6 is 22.6 Å². The molecule has 0 aromatic heterocycles. The highest BCUT2D eigenvalue weighted by Crippen LogP contribution is 2.24. The maximum Gasteiger partial charge on any atom is 0.502 e. The van der Waals surface area contributed by atoms with Crippen molar-refractivity contribution in [3.63, 3.8) is 0 Å². The summed E-state index contributed by atoms with van der Waals surface area (Å²) < 4.78 is 20.1. The van der Waals surface area contributed by atoms with Gasteiger partial charge in [0.1, 0.15) is 0 Å². The van der Waals surface area contributed by atoms with Gasteiger partial charge in [-0.05, 0) is 19.3 Å². The molecule has 0 N–H and O–H groups in total. The van der Waals surface area contributed by atoms with Gasteiger partial charge in [-0.25, -0.2) is 0 Å². The summed E-state index contributed by atoms with van der Waals surface area (Å²) in [7, 11) is -2.59. The van der Waals surface area contributed by atoms with Crippen molar-refractivity contribution in [1.29, 1.82) is 0 Å². The summed E-state index contributed by atoms with van der Waals surface area (Å²) in [6.45, 7) is 11.5. The van der Waals surface area contributed by atoms with Gasteiger partial charge in [0.2, 0.25) is 0 Å². The molecule has 194 valence electrons. The predicted molar refractivity (Wildman–Crippen MR) is 152 cm³/mol. The Morgan fingerprint density at radius 2 is 0.781 bits per heavy atom. The lowest BCUT2D eigenvalue weighted by atomic mass is 10.1. The van der Waals surface area contributed by atoms with Crippen molar-refractivity contribution in [2.75, 3.05) is 19.8 Å². The second-order valence-corrected chi connectivity index (χ2v) is 14.3. The van der Waals surface area contributed by atoms with Gasteiger partial charge in [-0.15, -0.1) is 0 Å². The van der Waals surface area contributed by atoms with Gasteiger partial charge in [0.15, 0.2) is 0 Å². The van der Waals surface area contributed by atoms with E-state index < -0.39 is 8.80 Å². The number of hydrogen-bond donors (Lipinski definition) is 0. The first kappa shape index (κ1) is 32.8. The Balaban J connectivity index is 4.55. The molecule has 1 unspecified atom stereocenters. The van der Waals surface area contributed by atoms with Gasteiger partial charge in [-0.2, -0.15) is 0 Å². The zero-order chi connectivity index (χ0) is 23.8. The van der Waals surface area contributed by atoms with Gasteiger partial charge in [0, 0.05) is 29.8 Å². The number of unbranched alkanes of at least 4 members (excludes halogenated alkanes) is 15. The number of rotatable bonds is 26. The molecule has 0 bridgehead atoms. The second-order valence-electron chi connectivity index (χ2n) is 9.52. The summed E-state index contributed by atoms with van der Waals surface area (Å²) in [5.41, 5.74) is 0. The van der Waals surface area contributed by atoms with Crippen molar-refractivity contribution in [3.05, 3.63) is 0 Å². The maximum absolute atomic E-state index is 6.53. The smallest absolute Gasteiger partial charge is 0.373 e. The van der Waals surface area contributed by atoms with Crippen molar-refractivity contribution < 1.29 is 13.3 Å². The van der Waals surface area contributed by atoms with E-state index in [1.165, 1.54) is 96.3 Å². The Labute approximate surface area is 217 Å². The average Bonchev–Trinajstić information content (AvgIpc) is 2.77. The molecular formula is C27H57IO3Si. The van der Waals surface area contributed by atoms with Crippen LogP contribution in [0.25, 0.3) is 0 Å². The molecule has 3 nitrogen and oxygen atoms in total. The van der Waals surface area contributed by atoms with Gasteiger partial charge >= 0.3 is 8.80 Å². The predicted octanol–water partition coefficient (Wildman–Crippen LogP) is 9.88. The normalized spacial score (nSPS) is 13.0. The van der Waals surface area contributed by atoms with E-state index in [1.54, 1.807) is 0 Å². The molecule has 5 heteroatoms. The maximum atomic E-state index is 6.53. The zero-order valence-electron chi connectivity index (χ0n) is 22.2. The standard InChI is InChI=1S/C27H57IO3Si/c1-5-8-11-14-17-20-23-29-32(26-27(4)28,30-24-21-18-15-12-9-6-2)31-25-22-19-16-13-10-7-3/h27H,5-26H2,1-4H3. The molecule has 0 aromatic carbocycles. The summed E-state index contributed by atoms with van der Waals surface area (Å²) >= 11 is 2.51. The molecule has 0 aromatic rings. The minimum atomic E-state index is -2.59. The van der Waals surface area contributed by atoms with Crippen molar-refractivity contribution in [2.45, 2.75) is 153 Å². The van der Waals surface area contributed by atoms with Gasteiger partial charge < -0.3 is 13.3 Å². The van der Waals surface area contributed by atoms with Crippen LogP contribution in [0.15, 0.2) is 0 Å². The van der Waals surface area contributed by atoms with E-state index in [2.05, 4.69) is 50.3 Å². The van der Waals surface area contributed by atoms with E-state index in [0.717, 1.165) is 45.1 Å². The molecule has 0 heterocycles. The van der Waals surface area contributed by atoms with Crippen molar-refractivity contribution >= 4 is 31.4 Å². The molecule has 0 saturated heterocycles. The molecule has 32 heavy (non-hydrogen) atoms. The van der Waals surface area contributed by atoms with Crippen molar-refractivity contribution in [3.8, 4) is 0 Å². The Bertz CT molecular complexity index is 323. The van der Waals surface area contributed by atoms with Crippen LogP contribution in [0, 0.1) is 0 Å². The fourth-order valence-corrected chi connectivity index (χ4v) is 8.25. The van der Waals surface area contributed by atoms with Gasteiger partial charge in [0.25, 0.3) is 0 Å². The third kappa shape index (κ3) is 21.4. The third-order valence-electron chi connectivity index (χ3n) is 5.99. The quantitative estimate of drug-likeness (QED) is 0.0438. The molecule has 0 amide bonds. The molecule has 1 atom stereocenters. The highest BCUT2D eigenvalue weighted by Gasteiger charge is 2.42. The molecule has 0 radical (unpaired) electrons. The summed E-state index contributed by atoms with van der Waals surface area (Å²) in [5.74, 6) is 0. The average molecular weight is 585 g/mol. The molecule has 0 rings (SSSR count). The zero-order valence-corrected chi connectivity index (χ0v) is 25.4. The van der Waals surface area contributed by atoms with E-state index in [9.17, 15) is 0 Å².